The molecule has 0 aliphatic carbocycles. The number of urea groups is 1. The first-order chi connectivity index (χ1) is 15.5. The Morgan fingerprint density at radius 2 is 1.91 bits per heavy atom. The zero-order valence-corrected chi connectivity index (χ0v) is 19.4. The number of anilines is 1. The van der Waals surface area contributed by atoms with Gasteiger partial charge in [0.15, 0.2) is 0 Å². The SMILES string of the molecule is CCCCCCNC(=O)N(C)c1cc(-c2ccc(CCC(=O)O)cc2OCCC)ccn1. The molecule has 2 rings (SSSR count). The van der Waals surface area contributed by atoms with Crippen molar-refractivity contribution in [2.75, 3.05) is 25.1 Å². The summed E-state index contributed by atoms with van der Waals surface area (Å²) in [6.45, 7) is 5.41. The molecular weight excluding hydrogens is 406 g/mol. The summed E-state index contributed by atoms with van der Waals surface area (Å²) in [7, 11) is 1.71. The minimum absolute atomic E-state index is 0.0737. The zero-order valence-electron chi connectivity index (χ0n) is 19.4. The number of aryl methyl sites for hydroxylation is 1. The molecule has 0 spiro atoms. The lowest BCUT2D eigenvalue weighted by atomic mass is 10.0. The second-order valence-corrected chi connectivity index (χ2v) is 7.83. The summed E-state index contributed by atoms with van der Waals surface area (Å²) in [4.78, 5) is 29.3. The van der Waals surface area contributed by atoms with E-state index in [0.29, 0.717) is 31.1 Å². The number of carboxylic acid groups (broad SMARTS) is 1. The molecule has 0 aliphatic heterocycles. The third kappa shape index (κ3) is 7.87. The van der Waals surface area contributed by atoms with Crippen LogP contribution in [-0.4, -0.2) is 42.3 Å². The average Bonchev–Trinajstić information content (AvgIpc) is 2.80. The molecule has 0 saturated carbocycles. The molecule has 1 aromatic carbocycles. The van der Waals surface area contributed by atoms with Gasteiger partial charge in [-0.05, 0) is 48.6 Å². The molecule has 32 heavy (non-hydrogen) atoms. The number of pyridine rings is 1. The van der Waals surface area contributed by atoms with Crippen molar-refractivity contribution in [1.29, 1.82) is 0 Å². The van der Waals surface area contributed by atoms with Crippen LogP contribution in [0.4, 0.5) is 10.6 Å². The van der Waals surface area contributed by atoms with Gasteiger partial charge in [-0.2, -0.15) is 0 Å². The largest absolute Gasteiger partial charge is 0.493 e. The molecule has 0 saturated heterocycles. The van der Waals surface area contributed by atoms with E-state index in [1.807, 2.05) is 37.3 Å². The number of carbonyl (C=O) groups excluding carboxylic acids is 1. The number of unbranched alkanes of at least 4 members (excludes halogenated alkanes) is 3. The number of carbonyl (C=O) groups is 2. The Hall–Kier alpha value is -3.09. The number of hydrogen-bond acceptors (Lipinski definition) is 4. The number of aliphatic carboxylic acids is 1. The predicted molar refractivity (Wildman–Crippen MR) is 127 cm³/mol. The molecule has 0 bridgehead atoms. The highest BCUT2D eigenvalue weighted by Crippen LogP contribution is 2.33. The molecule has 0 fully saturated rings. The van der Waals surface area contributed by atoms with E-state index in [1.54, 1.807) is 13.2 Å². The first-order valence-electron chi connectivity index (χ1n) is 11.4. The summed E-state index contributed by atoms with van der Waals surface area (Å²) in [5, 5.41) is 11.9. The zero-order chi connectivity index (χ0) is 23.3. The highest BCUT2D eigenvalue weighted by atomic mass is 16.5. The Bertz CT molecular complexity index is 885. The molecule has 2 amide bonds. The van der Waals surface area contributed by atoms with Gasteiger partial charge >= 0.3 is 12.0 Å². The van der Waals surface area contributed by atoms with Crippen molar-refractivity contribution in [2.45, 2.75) is 58.8 Å². The van der Waals surface area contributed by atoms with Crippen LogP contribution in [0, 0.1) is 0 Å². The quantitative estimate of drug-likeness (QED) is 0.413. The fourth-order valence-electron chi connectivity index (χ4n) is 3.28. The average molecular weight is 442 g/mol. The number of rotatable bonds is 13. The first-order valence-corrected chi connectivity index (χ1v) is 11.4. The maximum Gasteiger partial charge on any atom is 0.322 e. The van der Waals surface area contributed by atoms with Crippen LogP contribution in [0.1, 0.15) is 57.9 Å². The molecule has 174 valence electrons. The summed E-state index contributed by atoms with van der Waals surface area (Å²) in [5.41, 5.74) is 2.68. The van der Waals surface area contributed by atoms with Gasteiger partial charge in [-0.25, -0.2) is 9.78 Å². The number of carboxylic acids is 1. The van der Waals surface area contributed by atoms with Gasteiger partial charge in [0.1, 0.15) is 11.6 Å². The number of nitrogens with one attached hydrogen (secondary N) is 1. The van der Waals surface area contributed by atoms with Gasteiger partial charge in [0.25, 0.3) is 0 Å². The monoisotopic (exact) mass is 441 g/mol. The van der Waals surface area contributed by atoms with Crippen LogP contribution in [0.25, 0.3) is 11.1 Å². The first kappa shape index (κ1) is 25.2. The molecule has 2 aromatic rings. The highest BCUT2D eigenvalue weighted by Gasteiger charge is 2.15. The smallest absolute Gasteiger partial charge is 0.322 e. The molecule has 1 heterocycles. The van der Waals surface area contributed by atoms with E-state index in [4.69, 9.17) is 9.84 Å². The van der Waals surface area contributed by atoms with Crippen molar-refractivity contribution in [3.63, 3.8) is 0 Å². The minimum Gasteiger partial charge on any atom is -0.493 e. The number of aromatic nitrogens is 1. The summed E-state index contributed by atoms with van der Waals surface area (Å²) >= 11 is 0. The van der Waals surface area contributed by atoms with Crippen LogP contribution in [0.3, 0.4) is 0 Å². The second kappa shape index (κ2) is 13.3. The lowest BCUT2D eigenvalue weighted by molar-refractivity contribution is -0.136. The third-order valence-corrected chi connectivity index (χ3v) is 5.15. The molecule has 7 heteroatoms. The standard InChI is InChI=1S/C25H35N3O4/c1-4-6-7-8-14-27-25(31)28(3)23-18-20(13-15-26-23)21-11-9-19(10-12-24(29)30)17-22(21)32-16-5-2/h9,11,13,15,17-18H,4-8,10,12,14,16H2,1-3H3,(H,27,31)(H,29,30). The lowest BCUT2D eigenvalue weighted by Gasteiger charge is -2.19. The van der Waals surface area contributed by atoms with Crippen molar-refractivity contribution < 1.29 is 19.4 Å². The maximum atomic E-state index is 12.5. The van der Waals surface area contributed by atoms with Gasteiger partial charge in [0.05, 0.1) is 6.61 Å². The molecule has 2 N–H and O–H groups in total. The van der Waals surface area contributed by atoms with E-state index in [-0.39, 0.29) is 12.5 Å². The Kier molecular flexibility index (Phi) is 10.5. The number of nitrogens with zero attached hydrogens (tertiary/aromatic N) is 2. The van der Waals surface area contributed by atoms with E-state index < -0.39 is 5.97 Å². The molecule has 1 aromatic heterocycles. The van der Waals surface area contributed by atoms with Crippen LogP contribution in [0.15, 0.2) is 36.5 Å². The van der Waals surface area contributed by atoms with Gasteiger partial charge in [0.2, 0.25) is 0 Å². The topological polar surface area (TPSA) is 91.8 Å². The Morgan fingerprint density at radius 3 is 2.62 bits per heavy atom. The Morgan fingerprint density at radius 1 is 1.09 bits per heavy atom. The maximum absolute atomic E-state index is 12.5. The fraction of sp³-hybridized carbons (Fsp3) is 0.480. The lowest BCUT2D eigenvalue weighted by Crippen LogP contribution is -2.38. The molecule has 0 atom stereocenters. The van der Waals surface area contributed by atoms with E-state index >= 15 is 0 Å². The fourth-order valence-corrected chi connectivity index (χ4v) is 3.28. The highest BCUT2D eigenvalue weighted by molar-refractivity contribution is 5.91. The molecular formula is C25H35N3O4. The van der Waals surface area contributed by atoms with E-state index in [0.717, 1.165) is 42.4 Å². The van der Waals surface area contributed by atoms with Crippen LogP contribution in [-0.2, 0) is 11.2 Å². The molecule has 7 nitrogen and oxygen atoms in total. The van der Waals surface area contributed by atoms with Gasteiger partial charge in [-0.1, -0.05) is 45.2 Å². The van der Waals surface area contributed by atoms with Gasteiger partial charge in [-0.3, -0.25) is 9.69 Å². The van der Waals surface area contributed by atoms with Gasteiger partial charge in [0, 0.05) is 31.8 Å². The summed E-state index contributed by atoms with van der Waals surface area (Å²) < 4.78 is 5.96. The summed E-state index contributed by atoms with van der Waals surface area (Å²) in [6, 6.07) is 9.32. The van der Waals surface area contributed by atoms with Gasteiger partial charge < -0.3 is 15.2 Å². The van der Waals surface area contributed by atoms with E-state index in [2.05, 4.69) is 17.2 Å². The van der Waals surface area contributed by atoms with E-state index in [9.17, 15) is 9.59 Å². The number of hydrogen-bond donors (Lipinski definition) is 2. The Labute approximate surface area is 190 Å². The number of ether oxygens (including phenoxy) is 1. The van der Waals surface area contributed by atoms with Crippen LogP contribution in [0.2, 0.25) is 0 Å². The number of amides is 2. The van der Waals surface area contributed by atoms with Crippen LogP contribution < -0.4 is 15.0 Å². The summed E-state index contributed by atoms with van der Waals surface area (Å²) in [5.74, 6) is 0.426. The van der Waals surface area contributed by atoms with Crippen molar-refractivity contribution in [1.82, 2.24) is 10.3 Å². The van der Waals surface area contributed by atoms with Crippen molar-refractivity contribution in [3.8, 4) is 16.9 Å². The second-order valence-electron chi connectivity index (χ2n) is 7.83. The normalized spacial score (nSPS) is 10.6. The van der Waals surface area contributed by atoms with E-state index in [1.165, 1.54) is 11.3 Å². The number of benzene rings is 1. The molecule has 0 aliphatic rings. The van der Waals surface area contributed by atoms with Crippen molar-refractivity contribution in [3.05, 3.63) is 42.1 Å². The summed E-state index contributed by atoms with van der Waals surface area (Å²) in [6.07, 6.45) is 7.47. The molecule has 0 unspecified atom stereocenters. The van der Waals surface area contributed by atoms with Gasteiger partial charge in [-0.15, -0.1) is 0 Å². The van der Waals surface area contributed by atoms with Crippen LogP contribution >= 0.6 is 0 Å². The third-order valence-electron chi connectivity index (χ3n) is 5.15. The van der Waals surface area contributed by atoms with Crippen molar-refractivity contribution in [2.24, 2.45) is 0 Å². The predicted octanol–water partition coefficient (Wildman–Crippen LogP) is 5.28. The minimum atomic E-state index is -0.824. The van der Waals surface area contributed by atoms with Crippen LogP contribution in [0.5, 0.6) is 5.75 Å². The Balaban J connectivity index is 2.18. The van der Waals surface area contributed by atoms with Crippen molar-refractivity contribution >= 4 is 17.8 Å². The molecule has 0 radical (unpaired) electrons.